The molecule has 2 rings (SSSR count). The zero-order valence-electron chi connectivity index (χ0n) is 14.3. The molecular formula is C18H18ClFN2O4. The van der Waals surface area contributed by atoms with Crippen molar-refractivity contribution in [1.29, 1.82) is 0 Å². The van der Waals surface area contributed by atoms with Gasteiger partial charge in [0.15, 0.2) is 11.5 Å². The van der Waals surface area contributed by atoms with Gasteiger partial charge < -0.3 is 20.1 Å². The summed E-state index contributed by atoms with van der Waals surface area (Å²) >= 11 is 6.16. The lowest BCUT2D eigenvalue weighted by atomic mass is 10.1. The summed E-state index contributed by atoms with van der Waals surface area (Å²) < 4.78 is 23.6. The Kier molecular flexibility index (Phi) is 6.41. The summed E-state index contributed by atoms with van der Waals surface area (Å²) in [6, 6.07) is 8.25. The lowest BCUT2D eigenvalue weighted by Crippen LogP contribution is -2.34. The van der Waals surface area contributed by atoms with Crippen LogP contribution in [0.25, 0.3) is 0 Å². The second kappa shape index (κ2) is 8.53. The molecule has 0 atom stereocenters. The van der Waals surface area contributed by atoms with Gasteiger partial charge in [-0.15, -0.1) is 0 Å². The Morgan fingerprint density at radius 1 is 1.15 bits per heavy atom. The first-order chi connectivity index (χ1) is 12.4. The normalized spacial score (nSPS) is 10.3. The van der Waals surface area contributed by atoms with Crippen molar-refractivity contribution in [1.82, 2.24) is 0 Å². The number of hydrogen-bond donors (Lipinski definition) is 1. The standard InChI is InChI=1S/C18H18ClFN2O4/c1-25-15-10-11(9-14(19)17(15)26-2)18(24)22(8-7-16(21)23)13-5-3-12(20)4-6-13/h3-6,9-10H,7-8H2,1-2H3,(H2,21,23). The molecular weight excluding hydrogens is 363 g/mol. The van der Waals surface area contributed by atoms with Gasteiger partial charge in [0.1, 0.15) is 5.82 Å². The van der Waals surface area contributed by atoms with E-state index in [1.165, 1.54) is 55.5 Å². The molecule has 0 saturated carbocycles. The van der Waals surface area contributed by atoms with Crippen LogP contribution in [-0.2, 0) is 4.79 Å². The highest BCUT2D eigenvalue weighted by Gasteiger charge is 2.22. The van der Waals surface area contributed by atoms with Crippen molar-refractivity contribution in [2.24, 2.45) is 5.73 Å². The quantitative estimate of drug-likeness (QED) is 0.800. The predicted octanol–water partition coefficient (Wildman–Crippen LogP) is 3.02. The molecule has 0 fully saturated rings. The molecule has 0 unspecified atom stereocenters. The number of methoxy groups -OCH3 is 2. The number of ether oxygens (including phenoxy) is 2. The minimum atomic E-state index is -0.560. The third kappa shape index (κ3) is 4.43. The number of nitrogens with zero attached hydrogens (tertiary/aromatic N) is 1. The summed E-state index contributed by atoms with van der Waals surface area (Å²) in [5.74, 6) is -0.852. The topological polar surface area (TPSA) is 81.9 Å². The van der Waals surface area contributed by atoms with Gasteiger partial charge in [0.2, 0.25) is 5.91 Å². The Bertz CT molecular complexity index is 812. The van der Waals surface area contributed by atoms with E-state index in [-0.39, 0.29) is 29.3 Å². The monoisotopic (exact) mass is 380 g/mol. The number of carbonyl (C=O) groups excluding carboxylic acids is 2. The fraction of sp³-hybridized carbons (Fsp3) is 0.222. The predicted molar refractivity (Wildman–Crippen MR) is 96.4 cm³/mol. The molecule has 0 saturated heterocycles. The number of rotatable bonds is 7. The molecule has 0 aliphatic heterocycles. The maximum absolute atomic E-state index is 13.2. The summed E-state index contributed by atoms with van der Waals surface area (Å²) in [5, 5.41) is 0.198. The van der Waals surface area contributed by atoms with Crippen LogP contribution >= 0.6 is 11.6 Å². The number of hydrogen-bond acceptors (Lipinski definition) is 4. The third-order valence-electron chi connectivity index (χ3n) is 3.65. The highest BCUT2D eigenvalue weighted by molar-refractivity contribution is 6.32. The maximum atomic E-state index is 13.2. The Labute approximate surface area is 155 Å². The van der Waals surface area contributed by atoms with Crippen LogP contribution in [-0.4, -0.2) is 32.6 Å². The Hall–Kier alpha value is -2.80. The van der Waals surface area contributed by atoms with Gasteiger partial charge in [-0.1, -0.05) is 11.6 Å². The van der Waals surface area contributed by atoms with Crippen molar-refractivity contribution in [3.63, 3.8) is 0 Å². The molecule has 0 bridgehead atoms. The molecule has 138 valence electrons. The molecule has 0 aliphatic carbocycles. The fourth-order valence-electron chi connectivity index (χ4n) is 2.39. The SMILES string of the molecule is COc1cc(C(=O)N(CCC(N)=O)c2ccc(F)cc2)cc(Cl)c1OC. The van der Waals surface area contributed by atoms with E-state index in [0.29, 0.717) is 11.4 Å². The van der Waals surface area contributed by atoms with E-state index in [4.69, 9.17) is 26.8 Å². The first-order valence-electron chi connectivity index (χ1n) is 7.64. The summed E-state index contributed by atoms with van der Waals surface area (Å²) in [5.41, 5.74) is 5.84. The van der Waals surface area contributed by atoms with E-state index in [9.17, 15) is 14.0 Å². The summed E-state index contributed by atoms with van der Waals surface area (Å²) in [6.45, 7) is 0.0335. The van der Waals surface area contributed by atoms with E-state index >= 15 is 0 Å². The number of nitrogens with two attached hydrogens (primary N) is 1. The van der Waals surface area contributed by atoms with Gasteiger partial charge in [0.05, 0.1) is 19.2 Å². The van der Waals surface area contributed by atoms with Gasteiger partial charge in [-0.3, -0.25) is 9.59 Å². The van der Waals surface area contributed by atoms with E-state index in [0.717, 1.165) is 0 Å². The molecule has 2 aromatic carbocycles. The largest absolute Gasteiger partial charge is 0.493 e. The first kappa shape index (κ1) is 19.5. The Morgan fingerprint density at radius 3 is 2.35 bits per heavy atom. The highest BCUT2D eigenvalue weighted by atomic mass is 35.5. The summed E-state index contributed by atoms with van der Waals surface area (Å²) in [4.78, 5) is 25.5. The van der Waals surface area contributed by atoms with Gasteiger partial charge in [-0.05, 0) is 36.4 Å². The average Bonchev–Trinajstić information content (AvgIpc) is 2.62. The molecule has 2 amide bonds. The summed E-state index contributed by atoms with van der Waals surface area (Å²) in [7, 11) is 2.86. The third-order valence-corrected chi connectivity index (χ3v) is 3.93. The van der Waals surface area contributed by atoms with E-state index in [1.54, 1.807) is 0 Å². The molecule has 0 spiro atoms. The number of benzene rings is 2. The number of halogens is 2. The van der Waals surface area contributed by atoms with Crippen LogP contribution in [0.1, 0.15) is 16.8 Å². The average molecular weight is 381 g/mol. The van der Waals surface area contributed by atoms with Crippen LogP contribution < -0.4 is 20.1 Å². The van der Waals surface area contributed by atoms with E-state index in [2.05, 4.69) is 0 Å². The van der Waals surface area contributed by atoms with Crippen LogP contribution in [0, 0.1) is 5.82 Å². The van der Waals surface area contributed by atoms with Crippen molar-refractivity contribution in [2.45, 2.75) is 6.42 Å². The lowest BCUT2D eigenvalue weighted by molar-refractivity contribution is -0.117. The van der Waals surface area contributed by atoms with Crippen LogP contribution in [0.2, 0.25) is 5.02 Å². The molecule has 2 N–H and O–H groups in total. The molecule has 0 aromatic heterocycles. The Morgan fingerprint density at radius 2 is 1.81 bits per heavy atom. The maximum Gasteiger partial charge on any atom is 0.258 e. The van der Waals surface area contributed by atoms with Crippen LogP contribution in [0.15, 0.2) is 36.4 Å². The van der Waals surface area contributed by atoms with Gasteiger partial charge >= 0.3 is 0 Å². The molecule has 6 nitrogen and oxygen atoms in total. The number of amides is 2. The zero-order valence-corrected chi connectivity index (χ0v) is 15.0. The van der Waals surface area contributed by atoms with E-state index in [1.807, 2.05) is 0 Å². The Balaban J connectivity index is 2.44. The second-order valence-electron chi connectivity index (χ2n) is 5.34. The number of primary amides is 1. The smallest absolute Gasteiger partial charge is 0.258 e. The van der Waals surface area contributed by atoms with Crippen LogP contribution in [0.5, 0.6) is 11.5 Å². The molecule has 0 radical (unpaired) electrons. The minimum absolute atomic E-state index is 0.0335. The van der Waals surface area contributed by atoms with Crippen molar-refractivity contribution in [3.05, 3.63) is 52.8 Å². The van der Waals surface area contributed by atoms with Crippen molar-refractivity contribution < 1.29 is 23.5 Å². The van der Waals surface area contributed by atoms with Gasteiger partial charge in [0, 0.05) is 24.2 Å². The van der Waals surface area contributed by atoms with Gasteiger partial charge in [-0.2, -0.15) is 0 Å². The second-order valence-corrected chi connectivity index (χ2v) is 5.75. The first-order valence-corrected chi connectivity index (χ1v) is 8.02. The van der Waals surface area contributed by atoms with Gasteiger partial charge in [-0.25, -0.2) is 4.39 Å². The summed E-state index contributed by atoms with van der Waals surface area (Å²) in [6.07, 6.45) is -0.0515. The lowest BCUT2D eigenvalue weighted by Gasteiger charge is -2.23. The van der Waals surface area contributed by atoms with E-state index < -0.39 is 17.6 Å². The minimum Gasteiger partial charge on any atom is -0.493 e. The molecule has 2 aromatic rings. The number of carbonyl (C=O) groups is 2. The van der Waals surface area contributed by atoms with Crippen molar-refractivity contribution >= 4 is 29.1 Å². The number of anilines is 1. The highest BCUT2D eigenvalue weighted by Crippen LogP contribution is 2.36. The van der Waals surface area contributed by atoms with Crippen LogP contribution in [0.4, 0.5) is 10.1 Å². The van der Waals surface area contributed by atoms with Crippen LogP contribution in [0.3, 0.4) is 0 Å². The van der Waals surface area contributed by atoms with Crippen molar-refractivity contribution in [3.8, 4) is 11.5 Å². The molecule has 8 heteroatoms. The van der Waals surface area contributed by atoms with Gasteiger partial charge in [0.25, 0.3) is 5.91 Å². The molecule has 26 heavy (non-hydrogen) atoms. The molecule has 0 aliphatic rings. The fourth-order valence-corrected chi connectivity index (χ4v) is 2.68. The zero-order chi connectivity index (χ0) is 19.3. The van der Waals surface area contributed by atoms with Crippen molar-refractivity contribution in [2.75, 3.05) is 25.7 Å². The molecule has 0 heterocycles.